The van der Waals surface area contributed by atoms with Crippen LogP contribution in [0.5, 0.6) is 0 Å². The van der Waals surface area contributed by atoms with E-state index in [0.29, 0.717) is 30.4 Å². The second-order valence-corrected chi connectivity index (χ2v) is 9.16. The minimum Gasteiger partial charge on any atom is -0.352 e. The van der Waals surface area contributed by atoms with Crippen molar-refractivity contribution in [2.45, 2.75) is 32.4 Å². The van der Waals surface area contributed by atoms with Crippen molar-refractivity contribution >= 4 is 23.4 Å². The zero-order chi connectivity index (χ0) is 23.9. The predicted octanol–water partition coefficient (Wildman–Crippen LogP) is 1.76. The SMILES string of the molecule is Cc1ccc(CNC(=O)c2ccccc2NC(=O)CN2CCN(CC(=O)NC3CC3)CC2)cc1. The molecule has 1 aliphatic heterocycles. The number of hydrogen-bond acceptors (Lipinski definition) is 5. The fourth-order valence-electron chi connectivity index (χ4n) is 3.98. The van der Waals surface area contributed by atoms with Gasteiger partial charge in [0.1, 0.15) is 0 Å². The molecule has 0 radical (unpaired) electrons. The van der Waals surface area contributed by atoms with E-state index in [2.05, 4.69) is 25.8 Å². The van der Waals surface area contributed by atoms with E-state index in [-0.39, 0.29) is 24.3 Å². The van der Waals surface area contributed by atoms with E-state index >= 15 is 0 Å². The van der Waals surface area contributed by atoms with Crippen molar-refractivity contribution in [1.29, 1.82) is 0 Å². The number of hydrogen-bond donors (Lipinski definition) is 3. The first kappa shape index (κ1) is 23.9. The lowest BCUT2D eigenvalue weighted by Crippen LogP contribution is -2.51. The summed E-state index contributed by atoms with van der Waals surface area (Å²) in [5.41, 5.74) is 3.13. The molecular formula is C26H33N5O3. The molecule has 2 aliphatic rings. The van der Waals surface area contributed by atoms with Crippen LogP contribution in [0.1, 0.15) is 34.3 Å². The highest BCUT2D eigenvalue weighted by Crippen LogP contribution is 2.18. The van der Waals surface area contributed by atoms with Gasteiger partial charge < -0.3 is 16.0 Å². The summed E-state index contributed by atoms with van der Waals surface area (Å²) in [6.45, 7) is 6.07. The van der Waals surface area contributed by atoms with Crippen LogP contribution < -0.4 is 16.0 Å². The largest absolute Gasteiger partial charge is 0.352 e. The van der Waals surface area contributed by atoms with Crippen LogP contribution in [0.3, 0.4) is 0 Å². The van der Waals surface area contributed by atoms with Crippen LogP contribution in [-0.4, -0.2) is 72.8 Å². The topological polar surface area (TPSA) is 93.8 Å². The summed E-state index contributed by atoms with van der Waals surface area (Å²) in [4.78, 5) is 41.6. The van der Waals surface area contributed by atoms with Gasteiger partial charge in [-0.2, -0.15) is 0 Å². The average Bonchev–Trinajstić information content (AvgIpc) is 3.64. The monoisotopic (exact) mass is 463 g/mol. The summed E-state index contributed by atoms with van der Waals surface area (Å²) < 4.78 is 0. The second-order valence-electron chi connectivity index (χ2n) is 9.16. The van der Waals surface area contributed by atoms with Crippen LogP contribution in [0.2, 0.25) is 0 Å². The molecule has 1 saturated carbocycles. The van der Waals surface area contributed by atoms with Crippen LogP contribution in [0.4, 0.5) is 5.69 Å². The second kappa shape index (κ2) is 11.3. The fourth-order valence-corrected chi connectivity index (χ4v) is 3.98. The Hall–Kier alpha value is -3.23. The van der Waals surface area contributed by atoms with Gasteiger partial charge in [-0.1, -0.05) is 42.0 Å². The maximum absolute atomic E-state index is 12.8. The van der Waals surface area contributed by atoms with E-state index in [1.165, 1.54) is 5.56 Å². The number of anilines is 1. The van der Waals surface area contributed by atoms with E-state index in [1.807, 2.05) is 31.2 Å². The molecule has 8 heteroatoms. The van der Waals surface area contributed by atoms with E-state index in [4.69, 9.17) is 0 Å². The van der Waals surface area contributed by atoms with Gasteiger partial charge in [-0.25, -0.2) is 0 Å². The molecule has 1 aliphatic carbocycles. The van der Waals surface area contributed by atoms with Gasteiger partial charge in [-0.15, -0.1) is 0 Å². The first-order valence-corrected chi connectivity index (χ1v) is 11.9. The molecule has 0 spiro atoms. The molecule has 0 aromatic heterocycles. The molecular weight excluding hydrogens is 430 g/mol. The van der Waals surface area contributed by atoms with Crippen molar-refractivity contribution in [2.24, 2.45) is 0 Å². The maximum Gasteiger partial charge on any atom is 0.253 e. The molecule has 1 heterocycles. The Kier molecular flexibility index (Phi) is 7.92. The minimum absolute atomic E-state index is 0.0888. The maximum atomic E-state index is 12.8. The van der Waals surface area contributed by atoms with Gasteiger partial charge in [-0.05, 0) is 37.5 Å². The van der Waals surface area contributed by atoms with Crippen molar-refractivity contribution in [1.82, 2.24) is 20.4 Å². The van der Waals surface area contributed by atoms with E-state index in [1.54, 1.807) is 24.3 Å². The van der Waals surface area contributed by atoms with Gasteiger partial charge in [0, 0.05) is 38.8 Å². The highest BCUT2D eigenvalue weighted by atomic mass is 16.2. The van der Waals surface area contributed by atoms with Crippen molar-refractivity contribution < 1.29 is 14.4 Å². The highest BCUT2D eigenvalue weighted by Gasteiger charge is 2.25. The summed E-state index contributed by atoms with van der Waals surface area (Å²) in [6, 6.07) is 15.4. The van der Waals surface area contributed by atoms with Crippen LogP contribution >= 0.6 is 0 Å². The number of para-hydroxylation sites is 1. The first-order valence-electron chi connectivity index (χ1n) is 11.9. The predicted molar refractivity (Wildman–Crippen MR) is 131 cm³/mol. The fraction of sp³-hybridized carbons (Fsp3) is 0.423. The number of nitrogens with zero attached hydrogens (tertiary/aromatic N) is 2. The van der Waals surface area contributed by atoms with Crippen LogP contribution in [-0.2, 0) is 16.1 Å². The van der Waals surface area contributed by atoms with Gasteiger partial charge in [0.2, 0.25) is 11.8 Å². The molecule has 1 saturated heterocycles. The van der Waals surface area contributed by atoms with E-state index in [9.17, 15) is 14.4 Å². The third kappa shape index (κ3) is 7.13. The molecule has 0 atom stereocenters. The first-order chi connectivity index (χ1) is 16.5. The lowest BCUT2D eigenvalue weighted by molar-refractivity contribution is -0.123. The van der Waals surface area contributed by atoms with Crippen molar-refractivity contribution in [3.05, 3.63) is 65.2 Å². The van der Waals surface area contributed by atoms with Crippen molar-refractivity contribution in [3.8, 4) is 0 Å². The molecule has 34 heavy (non-hydrogen) atoms. The van der Waals surface area contributed by atoms with Gasteiger partial charge in [0.15, 0.2) is 0 Å². The summed E-state index contributed by atoms with van der Waals surface area (Å²) in [5.74, 6) is -0.292. The van der Waals surface area contributed by atoms with Gasteiger partial charge in [0.25, 0.3) is 5.91 Å². The Morgan fingerprint density at radius 3 is 2.12 bits per heavy atom. The summed E-state index contributed by atoms with van der Waals surface area (Å²) in [5, 5.41) is 8.84. The van der Waals surface area contributed by atoms with Gasteiger partial charge >= 0.3 is 0 Å². The Morgan fingerprint density at radius 1 is 0.853 bits per heavy atom. The summed E-state index contributed by atoms with van der Waals surface area (Å²) in [6.07, 6.45) is 2.18. The summed E-state index contributed by atoms with van der Waals surface area (Å²) >= 11 is 0. The molecule has 3 amide bonds. The normalized spacial score (nSPS) is 16.6. The average molecular weight is 464 g/mol. The molecule has 2 fully saturated rings. The van der Waals surface area contributed by atoms with Gasteiger partial charge in [-0.3, -0.25) is 24.2 Å². The van der Waals surface area contributed by atoms with Crippen LogP contribution in [0, 0.1) is 6.92 Å². The molecule has 0 bridgehead atoms. The van der Waals surface area contributed by atoms with Crippen LogP contribution in [0.25, 0.3) is 0 Å². The molecule has 180 valence electrons. The van der Waals surface area contributed by atoms with E-state index < -0.39 is 0 Å². The zero-order valence-electron chi connectivity index (χ0n) is 19.7. The third-order valence-electron chi connectivity index (χ3n) is 6.16. The Bertz CT molecular complexity index is 1010. The molecule has 0 unspecified atom stereocenters. The molecule has 2 aromatic carbocycles. The molecule has 8 nitrogen and oxygen atoms in total. The number of nitrogens with one attached hydrogen (secondary N) is 3. The molecule has 3 N–H and O–H groups in total. The van der Waals surface area contributed by atoms with Crippen molar-refractivity contribution in [3.63, 3.8) is 0 Å². The Labute approximate surface area is 200 Å². The number of aryl methyl sites for hydroxylation is 1. The standard InChI is InChI=1S/C26H33N5O3/c1-19-6-8-20(9-7-19)16-27-26(34)22-4-2-3-5-23(22)29-25(33)18-31-14-12-30(13-15-31)17-24(32)28-21-10-11-21/h2-9,21H,10-18H2,1H3,(H,27,34)(H,28,32)(H,29,33). The number of carbonyl (C=O) groups excluding carboxylic acids is 3. The van der Waals surface area contributed by atoms with E-state index in [0.717, 1.165) is 44.6 Å². The highest BCUT2D eigenvalue weighted by molar-refractivity contribution is 6.04. The van der Waals surface area contributed by atoms with Gasteiger partial charge in [0.05, 0.1) is 24.3 Å². The lowest BCUT2D eigenvalue weighted by atomic mass is 10.1. The number of rotatable bonds is 9. The Morgan fingerprint density at radius 2 is 1.47 bits per heavy atom. The quantitative estimate of drug-likeness (QED) is 0.527. The van der Waals surface area contributed by atoms with Crippen molar-refractivity contribution in [2.75, 3.05) is 44.6 Å². The number of piperazine rings is 1. The Balaban J connectivity index is 1.23. The zero-order valence-corrected chi connectivity index (χ0v) is 19.7. The molecule has 4 rings (SSSR count). The minimum atomic E-state index is -0.227. The lowest BCUT2D eigenvalue weighted by Gasteiger charge is -2.33. The number of benzene rings is 2. The molecule has 2 aromatic rings. The smallest absolute Gasteiger partial charge is 0.253 e. The third-order valence-corrected chi connectivity index (χ3v) is 6.16. The number of amides is 3. The number of carbonyl (C=O) groups is 3. The van der Waals surface area contributed by atoms with Crippen LogP contribution in [0.15, 0.2) is 48.5 Å². The summed E-state index contributed by atoms with van der Waals surface area (Å²) in [7, 11) is 0.